The molecule has 0 bridgehead atoms. The molecule has 18 amide bonds. The van der Waals surface area contributed by atoms with Crippen molar-refractivity contribution in [1.82, 2.24) is 69.1 Å². The van der Waals surface area contributed by atoms with Crippen molar-refractivity contribution in [3.05, 3.63) is 35.9 Å². The van der Waals surface area contributed by atoms with E-state index in [-0.39, 0.29) is 70.4 Å². The van der Waals surface area contributed by atoms with E-state index in [9.17, 15) is 91.4 Å². The van der Waals surface area contributed by atoms with E-state index in [2.05, 4.69) is 74.1 Å². The van der Waals surface area contributed by atoms with Gasteiger partial charge < -0.3 is 126 Å². The molecule has 109 heavy (non-hydrogen) atoms. The summed E-state index contributed by atoms with van der Waals surface area (Å²) in [5.74, 6) is -21.4. The van der Waals surface area contributed by atoms with E-state index < -0.39 is 228 Å². The monoisotopic (exact) mass is 1540 g/mol. The van der Waals surface area contributed by atoms with Gasteiger partial charge in [0.25, 0.3) is 0 Å². The number of guanidine groups is 1. The summed E-state index contributed by atoms with van der Waals surface area (Å²) in [5.41, 5.74) is 49.8. The van der Waals surface area contributed by atoms with Crippen molar-refractivity contribution in [1.29, 1.82) is 0 Å². The number of primary amides is 5. The molecule has 0 aliphatic rings. The lowest BCUT2D eigenvalue weighted by molar-refractivity contribution is -0.138. The van der Waals surface area contributed by atoms with Crippen LogP contribution in [0.4, 0.5) is 0 Å². The van der Waals surface area contributed by atoms with Crippen LogP contribution >= 0.6 is 0 Å². The number of unbranched alkanes of at least 4 members (excludes halogenated alkanes) is 1. The van der Waals surface area contributed by atoms with Gasteiger partial charge in [-0.15, -0.1) is 0 Å². The lowest BCUT2D eigenvalue weighted by atomic mass is 9.96. The third-order valence-electron chi connectivity index (χ3n) is 16.8. The normalized spacial score (nSPS) is 14.9. The van der Waals surface area contributed by atoms with Gasteiger partial charge in [0, 0.05) is 25.8 Å². The van der Waals surface area contributed by atoms with Crippen LogP contribution in [0, 0.1) is 17.8 Å². The first-order valence-electron chi connectivity index (χ1n) is 35.6. The van der Waals surface area contributed by atoms with Gasteiger partial charge >= 0.3 is 0 Å². The van der Waals surface area contributed by atoms with Gasteiger partial charge in [-0.1, -0.05) is 78.3 Å². The van der Waals surface area contributed by atoms with E-state index in [1.807, 2.05) is 0 Å². The standard InChI is InChI=1S/C67H113N23O19/c1-9-34(6)53(90-62(105)44(30-49(73)95)85-64(107)51(32(2)3)88-56(99)36(8)78-55(98)35(7)79-57(100)40(22-23-46(70)92)82-58(101)39(19-13-14-24-68)80-50(96)21-15-25-69)66(109)86-43(29-48(72)94)60(103)83-42(28-47(71)93)61(104)87-45(31-91)63(106)89-52(33(4)5)65(108)84-41(27-37-17-11-10-12-18-37)59(102)81-38(54(74)97)20-16-26-77-67(75)76/h10-12,17-18,32-36,38-45,51-53,91H,9,13-16,19-31,68-69H2,1-8H3,(H2,70,92)(H2,71,93)(H2,72,94)(H2,73,95)(H2,74,97)(H,78,98)(H,79,100)(H,80,96)(H,81,102)(H,82,101)(H,83,103)(H,84,108)(H,85,107)(H,86,109)(H,87,104)(H,88,99)(H,89,106)(H,90,105)(H4,75,76,77)/t34-,35-,36-,38-,39-,40-,41-,42-,43-,44-,45-,51-,52-,53-/m0/s1. The van der Waals surface area contributed by atoms with Gasteiger partial charge in [-0.3, -0.25) is 91.3 Å². The molecule has 0 saturated heterocycles. The number of aliphatic hydroxyl groups is 1. The topological polar surface area (TPSA) is 730 Å². The summed E-state index contributed by atoms with van der Waals surface area (Å²) < 4.78 is 0. The van der Waals surface area contributed by atoms with Crippen molar-refractivity contribution in [2.45, 2.75) is 224 Å². The molecule has 0 heterocycles. The second-order valence-corrected chi connectivity index (χ2v) is 26.8. The van der Waals surface area contributed by atoms with Crippen LogP contribution in [0.5, 0.6) is 0 Å². The molecule has 1 aromatic carbocycles. The smallest absolute Gasteiger partial charge is 0.245 e. The average molecular weight is 1540 g/mol. The van der Waals surface area contributed by atoms with E-state index in [1.165, 1.54) is 48.5 Å². The number of hydrogen-bond donors (Lipinski definition) is 23. The van der Waals surface area contributed by atoms with Crippen molar-refractivity contribution < 1.29 is 91.4 Å². The minimum absolute atomic E-state index is 0.00625. The quantitative estimate of drug-likeness (QED) is 0.0164. The molecule has 0 spiro atoms. The summed E-state index contributed by atoms with van der Waals surface area (Å²) in [5, 5.41) is 41.6. The van der Waals surface area contributed by atoms with E-state index in [0.717, 1.165) is 0 Å². The molecule has 0 aliphatic heterocycles. The predicted molar refractivity (Wildman–Crippen MR) is 393 cm³/mol. The number of aliphatic hydroxyl groups excluding tert-OH is 1. The Bertz CT molecular complexity index is 3340. The summed E-state index contributed by atoms with van der Waals surface area (Å²) >= 11 is 0. The number of carbonyl (C=O) groups is 18. The molecule has 610 valence electrons. The highest BCUT2D eigenvalue weighted by Gasteiger charge is 2.39. The molecule has 0 radical (unpaired) electrons. The maximum Gasteiger partial charge on any atom is 0.245 e. The Labute approximate surface area is 630 Å². The minimum atomic E-state index is -2.04. The molecule has 32 N–H and O–H groups in total. The van der Waals surface area contributed by atoms with Crippen LogP contribution in [0.15, 0.2) is 35.3 Å². The van der Waals surface area contributed by atoms with Crippen LogP contribution in [0.3, 0.4) is 0 Å². The summed E-state index contributed by atoms with van der Waals surface area (Å²) in [7, 11) is 0. The van der Waals surface area contributed by atoms with Gasteiger partial charge in [0.15, 0.2) is 5.96 Å². The number of nitrogens with two attached hydrogens (primary N) is 9. The number of nitrogens with one attached hydrogen (secondary N) is 13. The van der Waals surface area contributed by atoms with Crippen LogP contribution in [0.1, 0.15) is 144 Å². The van der Waals surface area contributed by atoms with Gasteiger partial charge in [0.1, 0.15) is 78.5 Å². The first-order valence-corrected chi connectivity index (χ1v) is 35.6. The minimum Gasteiger partial charge on any atom is -0.394 e. The SMILES string of the molecule is CC[C@H](C)[C@H](NC(=O)[C@H](CC(N)=O)NC(=O)[C@@H](NC(=O)[C@H](C)NC(=O)[C@H](C)NC(=O)[C@H](CCC(N)=O)NC(=O)[C@H](CCCCN)NC(=O)CCCN)C(C)C)C(=O)N[C@@H](CC(N)=O)C(=O)N[C@@H](CC(N)=O)C(=O)N[C@@H](CO)C(=O)N[C@H](C(=O)N[C@@H](Cc1ccccc1)C(=O)N[C@@H](CCCN=C(N)N)C(N)=O)C(C)C. The highest BCUT2D eigenvalue weighted by molar-refractivity contribution is 6.02. The third kappa shape index (κ3) is 36.8. The zero-order valence-corrected chi connectivity index (χ0v) is 62.8. The third-order valence-corrected chi connectivity index (χ3v) is 16.8. The van der Waals surface area contributed by atoms with E-state index in [4.69, 9.17) is 51.6 Å². The van der Waals surface area contributed by atoms with E-state index in [0.29, 0.717) is 31.4 Å². The fourth-order valence-electron chi connectivity index (χ4n) is 10.3. The highest BCUT2D eigenvalue weighted by Crippen LogP contribution is 2.14. The molecule has 0 unspecified atom stereocenters. The van der Waals surface area contributed by atoms with Gasteiger partial charge in [0.05, 0.1) is 25.9 Å². The van der Waals surface area contributed by atoms with Crippen LogP contribution < -0.4 is 121 Å². The number of carbonyl (C=O) groups excluding carboxylic acids is 18. The van der Waals surface area contributed by atoms with E-state index >= 15 is 0 Å². The number of rotatable bonds is 53. The summed E-state index contributed by atoms with van der Waals surface area (Å²) in [4.78, 5) is 245. The van der Waals surface area contributed by atoms with Crippen molar-refractivity contribution in [2.24, 2.45) is 74.3 Å². The Morgan fingerprint density at radius 2 is 0.752 bits per heavy atom. The number of nitrogens with zero attached hydrogens (tertiary/aromatic N) is 1. The average Bonchev–Trinajstić information content (AvgIpc) is 0.860. The lowest BCUT2D eigenvalue weighted by Gasteiger charge is -2.30. The first kappa shape index (κ1) is 95.8. The maximum atomic E-state index is 14.3. The first-order chi connectivity index (χ1) is 51.1. The molecular weight excluding hydrogens is 1430 g/mol. The van der Waals surface area contributed by atoms with Crippen molar-refractivity contribution >= 4 is 112 Å². The second kappa shape index (κ2) is 49.6. The van der Waals surface area contributed by atoms with Crippen molar-refractivity contribution in [3.63, 3.8) is 0 Å². The summed E-state index contributed by atoms with van der Waals surface area (Å²) in [6.07, 6.45) is -2.06. The fraction of sp³-hybridized carbons (Fsp3) is 0.627. The number of hydrogen-bond acceptors (Lipinski definition) is 22. The molecule has 1 aromatic rings. The molecule has 0 aromatic heterocycles. The molecule has 0 saturated carbocycles. The molecular formula is C67H113N23O19. The number of aliphatic imine (C=N–C) groups is 1. The molecule has 14 atom stereocenters. The molecule has 42 heteroatoms. The van der Waals surface area contributed by atoms with Gasteiger partial charge in [0.2, 0.25) is 106 Å². The zero-order valence-electron chi connectivity index (χ0n) is 62.8. The molecule has 0 fully saturated rings. The molecule has 1 rings (SSSR count). The van der Waals surface area contributed by atoms with Gasteiger partial charge in [-0.05, 0) is 95.2 Å². The van der Waals surface area contributed by atoms with Crippen molar-refractivity contribution in [2.75, 3.05) is 26.2 Å². The Kier molecular flexibility index (Phi) is 43.7. The van der Waals surface area contributed by atoms with E-state index in [1.54, 1.807) is 37.3 Å². The van der Waals surface area contributed by atoms with Gasteiger partial charge in [-0.25, -0.2) is 0 Å². The van der Waals surface area contributed by atoms with Crippen LogP contribution in [0.2, 0.25) is 0 Å². The number of amides is 18. The van der Waals surface area contributed by atoms with Crippen LogP contribution in [0.25, 0.3) is 0 Å². The van der Waals surface area contributed by atoms with Crippen LogP contribution in [-0.4, -0.2) is 222 Å². The fourth-order valence-corrected chi connectivity index (χ4v) is 10.3. The molecule has 42 nitrogen and oxygen atoms in total. The Balaban J connectivity index is 3.42. The Morgan fingerprint density at radius 3 is 1.21 bits per heavy atom. The summed E-state index contributed by atoms with van der Waals surface area (Å²) in [6, 6.07) is -12.3. The lowest BCUT2D eigenvalue weighted by Crippen LogP contribution is -2.62. The van der Waals surface area contributed by atoms with Crippen molar-refractivity contribution in [3.8, 4) is 0 Å². The maximum absolute atomic E-state index is 14.3. The highest BCUT2D eigenvalue weighted by atomic mass is 16.3. The summed E-state index contributed by atoms with van der Waals surface area (Å²) in [6.45, 7) is 10.9. The predicted octanol–water partition coefficient (Wildman–Crippen LogP) is -9.78. The van der Waals surface area contributed by atoms with Gasteiger partial charge in [-0.2, -0.15) is 0 Å². The second-order valence-electron chi connectivity index (χ2n) is 26.8. The zero-order chi connectivity index (χ0) is 82.9. The Hall–Kier alpha value is -11.2. The van der Waals surface area contributed by atoms with Crippen LogP contribution in [-0.2, 0) is 92.7 Å². The number of benzene rings is 1. The Morgan fingerprint density at radius 1 is 0.376 bits per heavy atom. The molecule has 0 aliphatic carbocycles. The largest absolute Gasteiger partial charge is 0.394 e.